The molecule has 0 bridgehead atoms. The van der Waals surface area contributed by atoms with Gasteiger partial charge in [0.2, 0.25) is 0 Å². The summed E-state index contributed by atoms with van der Waals surface area (Å²) in [6.07, 6.45) is 5.46. The van der Waals surface area contributed by atoms with Gasteiger partial charge in [0.05, 0.1) is 16.3 Å². The van der Waals surface area contributed by atoms with Crippen LogP contribution in [-0.2, 0) is 0 Å². The Bertz CT molecular complexity index is 436. The number of hydrogen-bond acceptors (Lipinski definition) is 4. The Kier molecular flexibility index (Phi) is 5.21. The maximum absolute atomic E-state index is 10.7. The van der Waals surface area contributed by atoms with Gasteiger partial charge in [-0.3, -0.25) is 0 Å². The van der Waals surface area contributed by atoms with Crippen molar-refractivity contribution in [3.8, 4) is 0 Å². The van der Waals surface area contributed by atoms with Crippen molar-refractivity contribution in [3.63, 3.8) is 0 Å². The van der Waals surface area contributed by atoms with E-state index in [1.807, 2.05) is 6.92 Å². The second-order valence-corrected chi connectivity index (χ2v) is 7.60. The molecule has 0 amide bonds. The molecule has 0 saturated heterocycles. The predicted octanol–water partition coefficient (Wildman–Crippen LogP) is 3.74. The average molecular weight is 296 g/mol. The van der Waals surface area contributed by atoms with Gasteiger partial charge in [-0.05, 0) is 52.4 Å². The van der Waals surface area contributed by atoms with Gasteiger partial charge in [-0.15, -0.1) is 11.3 Å². The molecule has 1 fully saturated rings. The minimum atomic E-state index is -0.506. The van der Waals surface area contributed by atoms with Gasteiger partial charge in [0.25, 0.3) is 0 Å². The number of nitrogens with one attached hydrogen (secondary N) is 1. The van der Waals surface area contributed by atoms with Gasteiger partial charge in [0.1, 0.15) is 0 Å². The van der Waals surface area contributed by atoms with Crippen LogP contribution in [0, 0.1) is 19.8 Å². The van der Waals surface area contributed by atoms with Crippen molar-refractivity contribution < 1.29 is 5.11 Å². The maximum Gasteiger partial charge on any atom is 0.0900 e. The molecule has 1 aromatic heterocycles. The van der Waals surface area contributed by atoms with E-state index in [1.54, 1.807) is 11.3 Å². The summed E-state index contributed by atoms with van der Waals surface area (Å²) in [7, 11) is 0. The lowest BCUT2D eigenvalue weighted by atomic mass is 9.78. The van der Waals surface area contributed by atoms with Crippen molar-refractivity contribution in [2.24, 2.45) is 5.92 Å². The quantitative estimate of drug-likeness (QED) is 0.870. The van der Waals surface area contributed by atoms with E-state index in [1.165, 1.54) is 24.1 Å². The monoisotopic (exact) mass is 296 g/mol. The minimum absolute atomic E-state index is 0.272. The highest BCUT2D eigenvalue weighted by Crippen LogP contribution is 2.34. The Balaban J connectivity index is 1.87. The third-order valence-electron chi connectivity index (χ3n) is 4.68. The molecule has 4 heteroatoms. The number of hydrogen-bond donors (Lipinski definition) is 2. The molecule has 1 aliphatic carbocycles. The molecule has 1 aliphatic rings. The van der Waals surface area contributed by atoms with Crippen LogP contribution in [0.3, 0.4) is 0 Å². The average Bonchev–Trinajstić information content (AvgIpc) is 2.76. The summed E-state index contributed by atoms with van der Waals surface area (Å²) in [4.78, 5) is 5.78. The van der Waals surface area contributed by atoms with Crippen LogP contribution in [-0.4, -0.2) is 22.2 Å². The predicted molar refractivity (Wildman–Crippen MR) is 85.2 cm³/mol. The number of aromatic nitrogens is 1. The second kappa shape index (κ2) is 6.54. The van der Waals surface area contributed by atoms with Crippen molar-refractivity contribution in [1.82, 2.24) is 10.3 Å². The molecule has 1 aromatic rings. The van der Waals surface area contributed by atoms with E-state index in [2.05, 4.69) is 31.1 Å². The van der Waals surface area contributed by atoms with Gasteiger partial charge in [0.15, 0.2) is 0 Å². The zero-order chi connectivity index (χ0) is 14.8. The van der Waals surface area contributed by atoms with E-state index < -0.39 is 5.60 Å². The fourth-order valence-electron chi connectivity index (χ4n) is 3.18. The van der Waals surface area contributed by atoms with Gasteiger partial charge in [0, 0.05) is 17.5 Å². The fourth-order valence-corrected chi connectivity index (χ4v) is 4.14. The van der Waals surface area contributed by atoms with Crippen LogP contribution in [0.1, 0.15) is 67.6 Å². The van der Waals surface area contributed by atoms with E-state index in [0.29, 0.717) is 6.54 Å². The summed E-state index contributed by atoms with van der Waals surface area (Å²) in [5, 5.41) is 15.3. The number of nitrogens with zero attached hydrogens (tertiary/aromatic N) is 1. The Morgan fingerprint density at radius 1 is 1.40 bits per heavy atom. The fraction of sp³-hybridized carbons (Fsp3) is 0.812. The first-order chi connectivity index (χ1) is 9.43. The molecule has 1 heterocycles. The lowest BCUT2D eigenvalue weighted by molar-refractivity contribution is -0.0103. The Morgan fingerprint density at radius 2 is 2.05 bits per heavy atom. The zero-order valence-electron chi connectivity index (χ0n) is 13.2. The van der Waals surface area contributed by atoms with Crippen LogP contribution >= 0.6 is 11.3 Å². The standard InChI is InChI=1S/C16H28N2OS/c1-5-14-6-8-16(19,9-7-14)10-17-11(2)15-12(3)18-13(4)20-15/h11,14,17,19H,5-10H2,1-4H3. The Morgan fingerprint density at radius 3 is 2.55 bits per heavy atom. The number of thiazole rings is 1. The van der Waals surface area contributed by atoms with E-state index in [-0.39, 0.29) is 6.04 Å². The zero-order valence-corrected chi connectivity index (χ0v) is 14.0. The molecule has 0 aromatic carbocycles. The van der Waals surface area contributed by atoms with Gasteiger partial charge in [-0.25, -0.2) is 4.98 Å². The molecule has 0 radical (unpaired) electrons. The second-order valence-electron chi connectivity index (χ2n) is 6.36. The highest BCUT2D eigenvalue weighted by atomic mass is 32.1. The van der Waals surface area contributed by atoms with Crippen LogP contribution in [0.25, 0.3) is 0 Å². The first-order valence-corrected chi connectivity index (χ1v) is 8.65. The van der Waals surface area contributed by atoms with Crippen molar-refractivity contribution in [2.45, 2.75) is 71.4 Å². The van der Waals surface area contributed by atoms with Crippen molar-refractivity contribution in [3.05, 3.63) is 15.6 Å². The van der Waals surface area contributed by atoms with Crippen LogP contribution in [0.2, 0.25) is 0 Å². The summed E-state index contributed by atoms with van der Waals surface area (Å²) in [6.45, 7) is 9.23. The molecule has 1 saturated carbocycles. The van der Waals surface area contributed by atoms with Gasteiger partial charge in [-0.2, -0.15) is 0 Å². The van der Waals surface area contributed by atoms with Crippen molar-refractivity contribution in [2.75, 3.05) is 6.54 Å². The smallest absolute Gasteiger partial charge is 0.0900 e. The van der Waals surface area contributed by atoms with E-state index in [9.17, 15) is 5.11 Å². The molecule has 2 rings (SSSR count). The third-order valence-corrected chi connectivity index (χ3v) is 5.94. The molecule has 20 heavy (non-hydrogen) atoms. The first-order valence-electron chi connectivity index (χ1n) is 7.83. The SMILES string of the molecule is CCC1CCC(O)(CNC(C)c2sc(C)nc2C)CC1. The lowest BCUT2D eigenvalue weighted by Gasteiger charge is -2.36. The molecule has 1 atom stereocenters. The third kappa shape index (κ3) is 3.80. The molecule has 114 valence electrons. The van der Waals surface area contributed by atoms with Gasteiger partial charge < -0.3 is 10.4 Å². The molecule has 0 spiro atoms. The number of aliphatic hydroxyl groups is 1. The highest BCUT2D eigenvalue weighted by molar-refractivity contribution is 7.11. The number of rotatable bonds is 5. The van der Waals surface area contributed by atoms with Crippen molar-refractivity contribution in [1.29, 1.82) is 0 Å². The van der Waals surface area contributed by atoms with E-state index in [4.69, 9.17) is 0 Å². The molecular formula is C16H28N2OS. The molecule has 2 N–H and O–H groups in total. The van der Waals surface area contributed by atoms with Crippen LogP contribution in [0.15, 0.2) is 0 Å². The number of aryl methyl sites for hydroxylation is 2. The minimum Gasteiger partial charge on any atom is -0.389 e. The lowest BCUT2D eigenvalue weighted by Crippen LogP contribution is -2.44. The van der Waals surface area contributed by atoms with Gasteiger partial charge in [-0.1, -0.05) is 13.3 Å². The molecule has 3 nitrogen and oxygen atoms in total. The van der Waals surface area contributed by atoms with E-state index in [0.717, 1.165) is 29.5 Å². The van der Waals surface area contributed by atoms with Gasteiger partial charge >= 0.3 is 0 Å². The Labute approximate surface area is 126 Å². The normalized spacial score (nSPS) is 28.6. The summed E-state index contributed by atoms with van der Waals surface area (Å²) < 4.78 is 0. The summed E-state index contributed by atoms with van der Waals surface area (Å²) in [5.41, 5.74) is 0.613. The van der Waals surface area contributed by atoms with Crippen LogP contribution in [0.4, 0.5) is 0 Å². The molecule has 0 aliphatic heterocycles. The van der Waals surface area contributed by atoms with Crippen LogP contribution < -0.4 is 5.32 Å². The summed E-state index contributed by atoms with van der Waals surface area (Å²) in [5.74, 6) is 0.819. The summed E-state index contributed by atoms with van der Waals surface area (Å²) >= 11 is 1.76. The molecular weight excluding hydrogens is 268 g/mol. The maximum atomic E-state index is 10.7. The first kappa shape index (κ1) is 15.9. The Hall–Kier alpha value is -0.450. The highest BCUT2D eigenvalue weighted by Gasteiger charge is 2.32. The van der Waals surface area contributed by atoms with E-state index >= 15 is 0 Å². The van der Waals surface area contributed by atoms with Crippen LogP contribution in [0.5, 0.6) is 0 Å². The molecule has 1 unspecified atom stereocenters. The largest absolute Gasteiger partial charge is 0.389 e. The van der Waals surface area contributed by atoms with Crippen molar-refractivity contribution >= 4 is 11.3 Å². The topological polar surface area (TPSA) is 45.1 Å². The summed E-state index contributed by atoms with van der Waals surface area (Å²) in [6, 6.07) is 0.272.